The molecular formula is C24H34N2O4S. The number of amides is 1. The summed E-state index contributed by atoms with van der Waals surface area (Å²) < 4.78 is 31.3. The molecule has 2 aromatic carbocycles. The molecule has 1 N–H and O–H groups in total. The molecule has 1 unspecified atom stereocenters. The molecule has 0 fully saturated rings. The Balaban J connectivity index is 2.09. The number of ether oxygens (including phenoxy) is 1. The van der Waals surface area contributed by atoms with Crippen LogP contribution in [-0.2, 0) is 20.2 Å². The first-order valence-electron chi connectivity index (χ1n) is 10.5. The zero-order valence-electron chi connectivity index (χ0n) is 19.3. The van der Waals surface area contributed by atoms with Crippen LogP contribution in [0.3, 0.4) is 0 Å². The second-order valence-electron chi connectivity index (χ2n) is 8.77. The van der Waals surface area contributed by atoms with E-state index >= 15 is 0 Å². The summed E-state index contributed by atoms with van der Waals surface area (Å²) in [4.78, 5) is 12.6. The van der Waals surface area contributed by atoms with Crippen molar-refractivity contribution >= 4 is 21.6 Å². The first-order valence-corrected chi connectivity index (χ1v) is 12.4. The Bertz CT molecular complexity index is 962. The molecule has 0 aromatic heterocycles. The monoisotopic (exact) mass is 446 g/mol. The molecule has 0 aliphatic heterocycles. The van der Waals surface area contributed by atoms with Crippen molar-refractivity contribution in [3.8, 4) is 5.75 Å². The van der Waals surface area contributed by atoms with E-state index in [2.05, 4.69) is 38.2 Å². The molecule has 1 atom stereocenters. The Morgan fingerprint density at radius 1 is 1.06 bits per heavy atom. The molecule has 0 radical (unpaired) electrons. The van der Waals surface area contributed by atoms with Gasteiger partial charge in [0.25, 0.3) is 0 Å². The predicted molar refractivity (Wildman–Crippen MR) is 126 cm³/mol. The van der Waals surface area contributed by atoms with Gasteiger partial charge in [0, 0.05) is 0 Å². The van der Waals surface area contributed by atoms with Gasteiger partial charge in [-0.05, 0) is 54.2 Å². The zero-order valence-corrected chi connectivity index (χ0v) is 20.1. The maximum absolute atomic E-state index is 12.6. The summed E-state index contributed by atoms with van der Waals surface area (Å²) in [6.45, 7) is 10.6. The summed E-state index contributed by atoms with van der Waals surface area (Å²) in [7, 11) is -3.63. The molecule has 31 heavy (non-hydrogen) atoms. The van der Waals surface area contributed by atoms with Gasteiger partial charge in [-0.15, -0.1) is 0 Å². The summed E-state index contributed by atoms with van der Waals surface area (Å²) in [5.41, 5.74) is 2.65. The SMILES string of the molecule is CCCOc1ccc(N(CC(=O)NC(C)c2ccc(C(C)(C)C)cc2)S(C)(=O)=O)cc1. The smallest absolute Gasteiger partial charge is 0.241 e. The molecule has 2 aromatic rings. The molecule has 1 amide bonds. The second kappa shape index (κ2) is 10.2. The van der Waals surface area contributed by atoms with Crippen LogP contribution in [0.4, 0.5) is 5.69 Å². The number of anilines is 1. The van der Waals surface area contributed by atoms with Crippen LogP contribution in [0.2, 0.25) is 0 Å². The molecule has 2 rings (SSSR count). The second-order valence-corrected chi connectivity index (χ2v) is 10.7. The normalized spacial score (nSPS) is 12.8. The summed E-state index contributed by atoms with van der Waals surface area (Å²) in [6, 6.07) is 14.6. The van der Waals surface area contributed by atoms with Crippen LogP contribution in [0.25, 0.3) is 0 Å². The molecule has 0 spiro atoms. The van der Waals surface area contributed by atoms with Crippen molar-refractivity contribution in [3.63, 3.8) is 0 Å². The predicted octanol–water partition coefficient (Wildman–Crippen LogP) is 4.42. The van der Waals surface area contributed by atoms with Gasteiger partial charge in [-0.1, -0.05) is 52.0 Å². The van der Waals surface area contributed by atoms with Crippen molar-refractivity contribution in [1.29, 1.82) is 0 Å². The van der Waals surface area contributed by atoms with E-state index in [1.807, 2.05) is 26.0 Å². The fourth-order valence-electron chi connectivity index (χ4n) is 3.10. The summed E-state index contributed by atoms with van der Waals surface area (Å²) >= 11 is 0. The van der Waals surface area contributed by atoms with Gasteiger partial charge >= 0.3 is 0 Å². The largest absolute Gasteiger partial charge is 0.494 e. The molecular weight excluding hydrogens is 412 g/mol. The average Bonchev–Trinajstić information content (AvgIpc) is 2.69. The first-order chi connectivity index (χ1) is 14.4. The van der Waals surface area contributed by atoms with E-state index < -0.39 is 10.0 Å². The molecule has 6 nitrogen and oxygen atoms in total. The lowest BCUT2D eigenvalue weighted by molar-refractivity contribution is -0.120. The Hall–Kier alpha value is -2.54. The number of carbonyl (C=O) groups excluding carboxylic acids is 1. The topological polar surface area (TPSA) is 75.7 Å². The lowest BCUT2D eigenvalue weighted by Crippen LogP contribution is -2.41. The van der Waals surface area contributed by atoms with E-state index in [0.29, 0.717) is 18.0 Å². The van der Waals surface area contributed by atoms with Crippen LogP contribution in [0.15, 0.2) is 48.5 Å². The Morgan fingerprint density at radius 2 is 1.65 bits per heavy atom. The number of nitrogens with zero attached hydrogens (tertiary/aromatic N) is 1. The molecule has 0 saturated heterocycles. The highest BCUT2D eigenvalue weighted by Gasteiger charge is 2.22. The molecule has 170 valence electrons. The minimum Gasteiger partial charge on any atom is -0.494 e. The van der Waals surface area contributed by atoms with E-state index in [1.54, 1.807) is 24.3 Å². The van der Waals surface area contributed by atoms with Crippen LogP contribution in [0.1, 0.15) is 58.2 Å². The molecule has 0 saturated carbocycles. The maximum Gasteiger partial charge on any atom is 0.241 e. The lowest BCUT2D eigenvalue weighted by Gasteiger charge is -2.24. The standard InChI is InChI=1S/C24H34N2O4S/c1-7-16-30-22-14-12-21(13-15-22)26(31(6,28)29)17-23(27)25-18(2)19-8-10-20(11-9-19)24(3,4)5/h8-15,18H,7,16-17H2,1-6H3,(H,25,27). The summed E-state index contributed by atoms with van der Waals surface area (Å²) in [6.07, 6.45) is 1.98. The number of carbonyl (C=O) groups is 1. The van der Waals surface area contributed by atoms with E-state index in [9.17, 15) is 13.2 Å². The van der Waals surface area contributed by atoms with Gasteiger partial charge in [-0.25, -0.2) is 8.42 Å². The Morgan fingerprint density at radius 3 is 2.13 bits per heavy atom. The van der Waals surface area contributed by atoms with Gasteiger partial charge in [0.2, 0.25) is 15.9 Å². The van der Waals surface area contributed by atoms with Crippen LogP contribution < -0.4 is 14.4 Å². The van der Waals surface area contributed by atoms with Gasteiger partial charge in [0.15, 0.2) is 0 Å². The van der Waals surface area contributed by atoms with Crippen molar-refractivity contribution in [2.24, 2.45) is 0 Å². The highest BCUT2D eigenvalue weighted by Crippen LogP contribution is 2.24. The molecule has 0 aliphatic carbocycles. The van der Waals surface area contributed by atoms with Crippen LogP contribution in [-0.4, -0.2) is 33.7 Å². The highest BCUT2D eigenvalue weighted by atomic mass is 32.2. The third-order valence-electron chi connectivity index (χ3n) is 4.94. The fraction of sp³-hybridized carbons (Fsp3) is 0.458. The van der Waals surface area contributed by atoms with Crippen LogP contribution in [0, 0.1) is 0 Å². The van der Waals surface area contributed by atoms with Gasteiger partial charge in [-0.2, -0.15) is 0 Å². The minimum atomic E-state index is -3.63. The molecule has 0 aliphatic rings. The highest BCUT2D eigenvalue weighted by molar-refractivity contribution is 7.92. The number of rotatable bonds is 9. The minimum absolute atomic E-state index is 0.0537. The third kappa shape index (κ3) is 7.28. The third-order valence-corrected chi connectivity index (χ3v) is 6.08. The lowest BCUT2D eigenvalue weighted by atomic mass is 9.86. The maximum atomic E-state index is 12.6. The number of sulfonamides is 1. The average molecular weight is 447 g/mol. The Labute approximate surface area is 186 Å². The first kappa shape index (κ1) is 24.7. The van der Waals surface area contributed by atoms with Gasteiger partial charge in [-0.3, -0.25) is 9.10 Å². The van der Waals surface area contributed by atoms with Gasteiger partial charge in [0.05, 0.1) is 24.6 Å². The van der Waals surface area contributed by atoms with Crippen LogP contribution >= 0.6 is 0 Å². The molecule has 7 heteroatoms. The van der Waals surface area contributed by atoms with E-state index in [-0.39, 0.29) is 23.9 Å². The van der Waals surface area contributed by atoms with Crippen molar-refractivity contribution in [1.82, 2.24) is 5.32 Å². The van der Waals surface area contributed by atoms with E-state index in [0.717, 1.165) is 22.5 Å². The quantitative estimate of drug-likeness (QED) is 0.619. The number of nitrogens with one attached hydrogen (secondary N) is 1. The summed E-state index contributed by atoms with van der Waals surface area (Å²) in [5, 5.41) is 2.90. The number of hydrogen-bond donors (Lipinski definition) is 1. The Kier molecular flexibility index (Phi) is 8.12. The fourth-order valence-corrected chi connectivity index (χ4v) is 3.96. The number of benzene rings is 2. The summed E-state index contributed by atoms with van der Waals surface area (Å²) in [5.74, 6) is 0.292. The molecule has 0 heterocycles. The zero-order chi connectivity index (χ0) is 23.2. The molecule has 0 bridgehead atoms. The van der Waals surface area contributed by atoms with Gasteiger partial charge < -0.3 is 10.1 Å². The van der Waals surface area contributed by atoms with Crippen molar-refractivity contribution < 1.29 is 17.9 Å². The van der Waals surface area contributed by atoms with Crippen molar-refractivity contribution in [2.45, 2.75) is 52.5 Å². The number of hydrogen-bond acceptors (Lipinski definition) is 4. The van der Waals surface area contributed by atoms with Gasteiger partial charge in [0.1, 0.15) is 12.3 Å². The van der Waals surface area contributed by atoms with Crippen molar-refractivity contribution in [2.75, 3.05) is 23.7 Å². The van der Waals surface area contributed by atoms with E-state index in [1.165, 1.54) is 5.56 Å². The van der Waals surface area contributed by atoms with E-state index in [4.69, 9.17) is 4.74 Å². The van der Waals surface area contributed by atoms with Crippen LogP contribution in [0.5, 0.6) is 5.75 Å². The van der Waals surface area contributed by atoms with Crippen molar-refractivity contribution in [3.05, 3.63) is 59.7 Å².